The largest absolute Gasteiger partial charge is 0.361 e. The van der Waals surface area contributed by atoms with Crippen molar-refractivity contribution < 1.29 is 2.74 Å². The third-order valence-electron chi connectivity index (χ3n) is 3.18. The predicted molar refractivity (Wildman–Crippen MR) is 72.0 cm³/mol. The molecule has 0 radical (unpaired) electrons. The Bertz CT molecular complexity index is 292. The first kappa shape index (κ1) is 10.6. The number of aliphatic imine (C=N–C) groups is 1. The monoisotopic (exact) mass is 226 g/mol. The van der Waals surface area contributed by atoms with Crippen LogP contribution in [-0.2, 0) is 0 Å². The Morgan fingerprint density at radius 1 is 1.31 bits per heavy atom. The van der Waals surface area contributed by atoms with E-state index >= 15 is 0 Å². The molecular formula is C14H28N2. The van der Waals surface area contributed by atoms with Crippen LogP contribution < -0.4 is 0 Å². The summed E-state index contributed by atoms with van der Waals surface area (Å²) in [6.45, 7) is 8.19. The minimum atomic E-state index is -1.29. The highest BCUT2D eigenvalue weighted by molar-refractivity contribution is 5.82. The first-order valence-corrected chi connectivity index (χ1v) is 6.58. The van der Waals surface area contributed by atoms with Gasteiger partial charge in [-0.15, -0.1) is 0 Å². The fraction of sp³-hybridized carbons (Fsp3) is 0.929. The Kier molecular flexibility index (Phi) is 4.16. The average molecular weight is 226 g/mol. The van der Waals surface area contributed by atoms with Gasteiger partial charge in [-0.2, -0.15) is 0 Å². The van der Waals surface area contributed by atoms with Gasteiger partial charge in [0.05, 0.1) is 5.84 Å². The van der Waals surface area contributed by atoms with Crippen molar-refractivity contribution in [3.63, 3.8) is 0 Å². The molecule has 1 aliphatic rings. The summed E-state index contributed by atoms with van der Waals surface area (Å²) >= 11 is 0. The van der Waals surface area contributed by atoms with Crippen molar-refractivity contribution in [2.75, 3.05) is 7.05 Å². The molecule has 16 heavy (non-hydrogen) atoms. The van der Waals surface area contributed by atoms with Gasteiger partial charge >= 0.3 is 0 Å². The fourth-order valence-electron chi connectivity index (χ4n) is 1.97. The van der Waals surface area contributed by atoms with Crippen LogP contribution in [0.25, 0.3) is 0 Å². The molecule has 94 valence electrons. The van der Waals surface area contributed by atoms with E-state index in [0.29, 0.717) is 5.84 Å². The lowest BCUT2D eigenvalue weighted by atomic mass is 10.0. The van der Waals surface area contributed by atoms with Gasteiger partial charge in [-0.25, -0.2) is 0 Å². The molecule has 0 aromatic carbocycles. The van der Waals surface area contributed by atoms with Gasteiger partial charge in [-0.05, 0) is 33.6 Å². The number of hydrogen-bond acceptors (Lipinski definition) is 1. The van der Waals surface area contributed by atoms with Crippen LogP contribution in [0.3, 0.4) is 0 Å². The predicted octanol–water partition coefficient (Wildman–Crippen LogP) is 3.71. The van der Waals surface area contributed by atoms with Crippen molar-refractivity contribution in [2.45, 2.75) is 71.8 Å². The molecule has 0 aromatic rings. The van der Waals surface area contributed by atoms with Crippen LogP contribution in [-0.4, -0.2) is 29.9 Å². The molecule has 0 saturated heterocycles. The molecule has 0 spiro atoms. The zero-order valence-electron chi connectivity index (χ0n) is 13.5. The second-order valence-electron chi connectivity index (χ2n) is 5.38. The summed E-state index contributed by atoms with van der Waals surface area (Å²) in [6.07, 6.45) is 3.01. The maximum Gasteiger partial charge on any atom is 0.0994 e. The number of amidine groups is 1. The lowest BCUT2D eigenvalue weighted by molar-refractivity contribution is 0.392. The van der Waals surface area contributed by atoms with E-state index in [4.69, 9.17) is 2.74 Å². The second-order valence-corrected chi connectivity index (χ2v) is 5.38. The summed E-state index contributed by atoms with van der Waals surface area (Å²) in [5, 5.41) is 0. The van der Waals surface area contributed by atoms with E-state index in [1.54, 1.807) is 0 Å². The average Bonchev–Trinajstić information content (AvgIpc) is 2.78. The minimum absolute atomic E-state index is 0.135. The molecule has 0 heterocycles. The number of rotatable bonds is 4. The van der Waals surface area contributed by atoms with Gasteiger partial charge in [-0.3, -0.25) is 4.99 Å². The molecule has 0 N–H and O–H groups in total. The third kappa shape index (κ3) is 4.15. The Morgan fingerprint density at radius 2 is 1.88 bits per heavy atom. The summed E-state index contributed by atoms with van der Waals surface area (Å²) < 4.78 is 17.0. The van der Waals surface area contributed by atoms with Crippen LogP contribution in [0.4, 0.5) is 0 Å². The summed E-state index contributed by atoms with van der Waals surface area (Å²) in [5.41, 5.74) is 0. The molecule has 2 nitrogen and oxygen atoms in total. The highest BCUT2D eigenvalue weighted by atomic mass is 15.2. The van der Waals surface area contributed by atoms with Gasteiger partial charge in [0, 0.05) is 28.2 Å². The second kappa shape index (κ2) is 6.27. The molecule has 0 bridgehead atoms. The SMILES string of the molecule is [2H]C([2H])(C(=NC(C)C)N(C)C(C)C)C1CCCC1. The van der Waals surface area contributed by atoms with Gasteiger partial charge in [0.15, 0.2) is 0 Å². The molecular weight excluding hydrogens is 196 g/mol. The van der Waals surface area contributed by atoms with Crippen LogP contribution in [0, 0.1) is 5.92 Å². The first-order valence-electron chi connectivity index (χ1n) is 7.58. The van der Waals surface area contributed by atoms with Crippen LogP contribution in [0.2, 0.25) is 0 Å². The summed E-state index contributed by atoms with van der Waals surface area (Å²) in [5.74, 6) is 0.774. The summed E-state index contributed by atoms with van der Waals surface area (Å²) in [4.78, 5) is 6.58. The Hall–Kier alpha value is -0.530. The minimum Gasteiger partial charge on any atom is -0.361 e. The van der Waals surface area contributed by atoms with Crippen LogP contribution in [0.1, 0.15) is 62.5 Å². The molecule has 1 fully saturated rings. The third-order valence-corrected chi connectivity index (χ3v) is 3.18. The van der Waals surface area contributed by atoms with E-state index in [-0.39, 0.29) is 18.0 Å². The molecule has 0 unspecified atom stereocenters. The Balaban J connectivity index is 3.01. The Morgan fingerprint density at radius 3 is 2.31 bits per heavy atom. The van der Waals surface area contributed by atoms with Crippen molar-refractivity contribution in [3.8, 4) is 0 Å². The van der Waals surface area contributed by atoms with E-state index in [9.17, 15) is 0 Å². The highest BCUT2D eigenvalue weighted by Crippen LogP contribution is 2.28. The highest BCUT2D eigenvalue weighted by Gasteiger charge is 2.20. The van der Waals surface area contributed by atoms with E-state index in [0.717, 1.165) is 25.7 Å². The quantitative estimate of drug-likeness (QED) is 0.527. The van der Waals surface area contributed by atoms with Crippen molar-refractivity contribution in [3.05, 3.63) is 0 Å². The van der Waals surface area contributed by atoms with Crippen LogP contribution in [0.5, 0.6) is 0 Å². The van der Waals surface area contributed by atoms with Gasteiger partial charge in [0.2, 0.25) is 0 Å². The van der Waals surface area contributed by atoms with E-state index in [1.165, 1.54) is 0 Å². The molecule has 2 heteroatoms. The first-order chi connectivity index (χ1) is 8.26. The fourth-order valence-corrected chi connectivity index (χ4v) is 1.97. The zero-order chi connectivity index (χ0) is 13.9. The van der Waals surface area contributed by atoms with E-state index in [1.807, 2.05) is 25.8 Å². The van der Waals surface area contributed by atoms with Crippen molar-refractivity contribution in [2.24, 2.45) is 10.9 Å². The smallest absolute Gasteiger partial charge is 0.0994 e. The molecule has 1 aliphatic carbocycles. The molecule has 0 atom stereocenters. The topological polar surface area (TPSA) is 15.6 Å². The lowest BCUT2D eigenvalue weighted by Crippen LogP contribution is -2.34. The van der Waals surface area contributed by atoms with Gasteiger partial charge in [0.25, 0.3) is 0 Å². The summed E-state index contributed by atoms with van der Waals surface area (Å²) in [6, 6.07) is 0.414. The zero-order valence-corrected chi connectivity index (χ0v) is 11.5. The van der Waals surface area contributed by atoms with Gasteiger partial charge in [0.1, 0.15) is 0 Å². The Labute approximate surface area is 104 Å². The summed E-state index contributed by atoms with van der Waals surface area (Å²) in [7, 11) is 1.96. The molecule has 1 saturated carbocycles. The standard InChI is InChI=1S/C14H28N2/c1-11(2)15-14(16(5)12(3)4)10-13-8-6-7-9-13/h11-13H,6-10H2,1-5H3/i10D2. The normalized spacial score (nSPS) is 21.6. The van der Waals surface area contributed by atoms with Crippen molar-refractivity contribution in [1.29, 1.82) is 0 Å². The van der Waals surface area contributed by atoms with Crippen molar-refractivity contribution >= 4 is 5.84 Å². The van der Waals surface area contributed by atoms with Gasteiger partial charge < -0.3 is 4.90 Å². The number of hydrogen-bond donors (Lipinski definition) is 0. The molecule has 0 aliphatic heterocycles. The van der Waals surface area contributed by atoms with E-state index < -0.39 is 6.37 Å². The molecule has 0 aromatic heterocycles. The van der Waals surface area contributed by atoms with Crippen molar-refractivity contribution in [1.82, 2.24) is 4.90 Å². The van der Waals surface area contributed by atoms with Crippen LogP contribution >= 0.6 is 0 Å². The van der Waals surface area contributed by atoms with Gasteiger partial charge in [-0.1, -0.05) is 25.7 Å². The number of nitrogens with zero attached hydrogens (tertiary/aromatic N) is 2. The molecule has 1 rings (SSSR count). The maximum absolute atomic E-state index is 8.49. The molecule has 0 amide bonds. The lowest BCUT2D eigenvalue weighted by Gasteiger charge is -2.28. The maximum atomic E-state index is 8.49. The van der Waals surface area contributed by atoms with E-state index in [2.05, 4.69) is 18.8 Å². The van der Waals surface area contributed by atoms with Crippen LogP contribution in [0.15, 0.2) is 4.99 Å².